The van der Waals surface area contributed by atoms with Crippen LogP contribution in [0.5, 0.6) is 11.5 Å². The summed E-state index contributed by atoms with van der Waals surface area (Å²) in [7, 11) is 5.07. The van der Waals surface area contributed by atoms with Crippen LogP contribution >= 0.6 is 11.6 Å². The number of aryl methyl sites for hydroxylation is 1. The first kappa shape index (κ1) is 13.5. The van der Waals surface area contributed by atoms with Crippen molar-refractivity contribution in [3.05, 3.63) is 35.1 Å². The Labute approximate surface area is 117 Å². The molecule has 0 aliphatic heterocycles. The molecule has 0 aliphatic carbocycles. The van der Waals surface area contributed by atoms with Crippen LogP contribution in [0.3, 0.4) is 0 Å². The van der Waals surface area contributed by atoms with E-state index in [0.29, 0.717) is 23.1 Å². The van der Waals surface area contributed by atoms with Gasteiger partial charge in [-0.1, -0.05) is 11.6 Å². The summed E-state index contributed by atoms with van der Waals surface area (Å²) in [5.41, 5.74) is 1.91. The molecule has 6 heteroatoms. The van der Waals surface area contributed by atoms with E-state index in [-0.39, 0.29) is 0 Å². The van der Waals surface area contributed by atoms with Crippen LogP contribution in [0.4, 0.5) is 5.69 Å². The highest BCUT2D eigenvalue weighted by atomic mass is 35.5. The number of methoxy groups -OCH3 is 2. The molecule has 1 aromatic carbocycles. The van der Waals surface area contributed by atoms with Gasteiger partial charge in [0.1, 0.15) is 11.5 Å². The fraction of sp³-hybridized carbons (Fsp3) is 0.308. The molecule has 0 atom stereocenters. The van der Waals surface area contributed by atoms with Crippen LogP contribution in [0.25, 0.3) is 0 Å². The van der Waals surface area contributed by atoms with Crippen LogP contribution in [0.1, 0.15) is 5.56 Å². The molecule has 1 aromatic heterocycles. The third-order valence-electron chi connectivity index (χ3n) is 2.72. The van der Waals surface area contributed by atoms with E-state index in [2.05, 4.69) is 10.4 Å². The molecule has 0 aliphatic rings. The normalized spacial score (nSPS) is 10.3. The summed E-state index contributed by atoms with van der Waals surface area (Å²) in [6, 6.07) is 3.55. The molecular formula is C13H16ClN3O2. The maximum atomic E-state index is 6.05. The number of anilines is 1. The molecule has 1 N–H and O–H groups in total. The Bertz CT molecular complexity index is 569. The Morgan fingerprint density at radius 3 is 2.58 bits per heavy atom. The lowest BCUT2D eigenvalue weighted by Gasteiger charge is -2.13. The molecule has 0 spiro atoms. The van der Waals surface area contributed by atoms with E-state index in [0.717, 1.165) is 11.3 Å². The predicted octanol–water partition coefficient (Wildman–Crippen LogP) is 2.70. The summed E-state index contributed by atoms with van der Waals surface area (Å²) in [4.78, 5) is 0. The average molecular weight is 282 g/mol. The molecule has 0 saturated carbocycles. The highest BCUT2D eigenvalue weighted by molar-refractivity contribution is 6.32. The third-order valence-corrected chi connectivity index (χ3v) is 3.01. The molecule has 2 rings (SSSR count). The van der Waals surface area contributed by atoms with E-state index in [1.807, 2.05) is 25.5 Å². The summed E-state index contributed by atoms with van der Waals surface area (Å²) in [6.07, 6.45) is 3.76. The summed E-state index contributed by atoms with van der Waals surface area (Å²) >= 11 is 6.05. The van der Waals surface area contributed by atoms with Gasteiger partial charge in [-0.25, -0.2) is 0 Å². The largest absolute Gasteiger partial charge is 0.495 e. The van der Waals surface area contributed by atoms with Gasteiger partial charge in [-0.3, -0.25) is 4.68 Å². The Balaban J connectivity index is 2.18. The molecule has 0 radical (unpaired) electrons. The van der Waals surface area contributed by atoms with Crippen molar-refractivity contribution in [3.63, 3.8) is 0 Å². The molecular weight excluding hydrogens is 266 g/mol. The number of aromatic nitrogens is 2. The van der Waals surface area contributed by atoms with Gasteiger partial charge in [0.2, 0.25) is 0 Å². The van der Waals surface area contributed by atoms with Crippen molar-refractivity contribution in [2.45, 2.75) is 6.54 Å². The van der Waals surface area contributed by atoms with Crippen LogP contribution in [-0.4, -0.2) is 24.0 Å². The number of benzene rings is 1. The Morgan fingerprint density at radius 1 is 1.26 bits per heavy atom. The molecule has 2 aromatic rings. The van der Waals surface area contributed by atoms with Crippen LogP contribution in [0.15, 0.2) is 24.5 Å². The van der Waals surface area contributed by atoms with Crippen molar-refractivity contribution in [1.29, 1.82) is 0 Å². The number of hydrogen-bond donors (Lipinski definition) is 1. The Kier molecular flexibility index (Phi) is 4.16. The van der Waals surface area contributed by atoms with E-state index in [4.69, 9.17) is 21.1 Å². The zero-order valence-electron chi connectivity index (χ0n) is 11.1. The van der Waals surface area contributed by atoms with E-state index in [1.165, 1.54) is 0 Å². The minimum absolute atomic E-state index is 0.520. The van der Waals surface area contributed by atoms with Gasteiger partial charge in [0, 0.05) is 37.5 Å². The average Bonchev–Trinajstić information content (AvgIpc) is 2.82. The van der Waals surface area contributed by atoms with Gasteiger partial charge in [-0.05, 0) is 0 Å². The van der Waals surface area contributed by atoms with Crippen LogP contribution in [0, 0.1) is 0 Å². The van der Waals surface area contributed by atoms with Gasteiger partial charge in [0.05, 0.1) is 31.1 Å². The molecule has 19 heavy (non-hydrogen) atoms. The predicted molar refractivity (Wildman–Crippen MR) is 75.1 cm³/mol. The first-order valence-electron chi connectivity index (χ1n) is 5.77. The second-order valence-corrected chi connectivity index (χ2v) is 4.47. The van der Waals surface area contributed by atoms with Gasteiger partial charge in [0.15, 0.2) is 0 Å². The van der Waals surface area contributed by atoms with Crippen molar-refractivity contribution < 1.29 is 9.47 Å². The molecule has 0 amide bonds. The molecule has 0 saturated heterocycles. The van der Waals surface area contributed by atoms with Crippen LogP contribution in [0.2, 0.25) is 5.02 Å². The SMILES string of the molecule is COc1cc(NCc2cnn(C)c2)c(OC)cc1Cl. The number of nitrogens with one attached hydrogen (secondary N) is 1. The third kappa shape index (κ3) is 3.12. The fourth-order valence-electron chi connectivity index (χ4n) is 1.76. The summed E-state index contributed by atoms with van der Waals surface area (Å²) in [6.45, 7) is 0.648. The number of hydrogen-bond acceptors (Lipinski definition) is 4. The summed E-state index contributed by atoms with van der Waals surface area (Å²) < 4.78 is 12.3. The lowest BCUT2D eigenvalue weighted by Crippen LogP contribution is -2.01. The second kappa shape index (κ2) is 5.84. The molecule has 5 nitrogen and oxygen atoms in total. The number of halogens is 1. The molecule has 102 valence electrons. The minimum Gasteiger partial charge on any atom is -0.495 e. The number of ether oxygens (including phenoxy) is 2. The lowest BCUT2D eigenvalue weighted by molar-refractivity contribution is 0.404. The van der Waals surface area contributed by atoms with Gasteiger partial charge in [-0.15, -0.1) is 0 Å². The number of rotatable bonds is 5. The van der Waals surface area contributed by atoms with Crippen molar-refractivity contribution in [2.75, 3.05) is 19.5 Å². The van der Waals surface area contributed by atoms with E-state index in [1.54, 1.807) is 25.0 Å². The van der Waals surface area contributed by atoms with Gasteiger partial charge < -0.3 is 14.8 Å². The van der Waals surface area contributed by atoms with Crippen molar-refractivity contribution in [1.82, 2.24) is 9.78 Å². The van der Waals surface area contributed by atoms with Crippen LogP contribution < -0.4 is 14.8 Å². The zero-order chi connectivity index (χ0) is 13.8. The van der Waals surface area contributed by atoms with E-state index >= 15 is 0 Å². The maximum absolute atomic E-state index is 6.05. The second-order valence-electron chi connectivity index (χ2n) is 4.06. The Hall–Kier alpha value is -1.88. The molecule has 0 unspecified atom stereocenters. The lowest BCUT2D eigenvalue weighted by atomic mass is 10.2. The molecule has 1 heterocycles. The standard InChI is InChI=1S/C13H16ClN3O2/c1-17-8-9(7-16-17)6-15-11-5-12(18-2)10(14)4-13(11)19-3/h4-5,7-8,15H,6H2,1-3H3. The van der Waals surface area contributed by atoms with Crippen molar-refractivity contribution in [2.24, 2.45) is 7.05 Å². The quantitative estimate of drug-likeness (QED) is 0.915. The van der Waals surface area contributed by atoms with Crippen LogP contribution in [-0.2, 0) is 13.6 Å². The first-order chi connectivity index (χ1) is 9.13. The smallest absolute Gasteiger partial charge is 0.143 e. The highest BCUT2D eigenvalue weighted by Gasteiger charge is 2.09. The Morgan fingerprint density at radius 2 is 2.00 bits per heavy atom. The van der Waals surface area contributed by atoms with Gasteiger partial charge in [-0.2, -0.15) is 5.10 Å². The monoisotopic (exact) mass is 281 g/mol. The minimum atomic E-state index is 0.520. The summed E-state index contributed by atoms with van der Waals surface area (Å²) in [5.74, 6) is 1.28. The zero-order valence-corrected chi connectivity index (χ0v) is 11.9. The highest BCUT2D eigenvalue weighted by Crippen LogP contribution is 2.35. The fourth-order valence-corrected chi connectivity index (χ4v) is 1.99. The molecule has 0 fully saturated rings. The topological polar surface area (TPSA) is 48.3 Å². The summed E-state index contributed by atoms with van der Waals surface area (Å²) in [5, 5.41) is 7.92. The number of nitrogens with zero attached hydrogens (tertiary/aromatic N) is 2. The maximum Gasteiger partial charge on any atom is 0.143 e. The van der Waals surface area contributed by atoms with Gasteiger partial charge in [0.25, 0.3) is 0 Å². The first-order valence-corrected chi connectivity index (χ1v) is 6.14. The van der Waals surface area contributed by atoms with E-state index in [9.17, 15) is 0 Å². The van der Waals surface area contributed by atoms with Crippen molar-refractivity contribution in [3.8, 4) is 11.5 Å². The van der Waals surface area contributed by atoms with Gasteiger partial charge >= 0.3 is 0 Å². The molecule has 0 bridgehead atoms. The van der Waals surface area contributed by atoms with E-state index < -0.39 is 0 Å². The van der Waals surface area contributed by atoms with Crippen molar-refractivity contribution >= 4 is 17.3 Å².